The van der Waals surface area contributed by atoms with E-state index in [4.69, 9.17) is 10.5 Å². The van der Waals surface area contributed by atoms with Crippen LogP contribution in [0.1, 0.15) is 103 Å². The van der Waals surface area contributed by atoms with Gasteiger partial charge in [0.1, 0.15) is 11.3 Å². The van der Waals surface area contributed by atoms with Crippen molar-refractivity contribution < 1.29 is 58.0 Å². The average Bonchev–Trinajstić information content (AvgIpc) is 3.07. The van der Waals surface area contributed by atoms with Gasteiger partial charge in [0.15, 0.2) is 0 Å². The molecular weight excluding hydrogens is 752 g/mol. The fraction of sp³-hybridized carbons (Fsp3) is 1.00. The summed E-state index contributed by atoms with van der Waals surface area (Å²) in [4.78, 5) is 0. The Morgan fingerprint density at radius 1 is 0.667 bits per heavy atom. The number of aliphatic hydroxyl groups is 2. The van der Waals surface area contributed by atoms with E-state index in [9.17, 15) is 36.2 Å². The van der Waals surface area contributed by atoms with Gasteiger partial charge in [-0.1, -0.05) is 0 Å². The van der Waals surface area contributed by atoms with Crippen molar-refractivity contribution >= 4 is 20.2 Å². The number of ether oxygens (including phenoxy) is 1. The SMILES string of the molecule is COC1CC(N=NC2C(O)C3CCC(NC4CCC(N)CC4)CC3CC2S(=O)(=O)O)C(O)CC1N=NC1CCC2CC(S(=O)(=O)O)CCC2C1.[Cu]. The van der Waals surface area contributed by atoms with Gasteiger partial charge in [0.05, 0.1) is 41.7 Å². The maximum Gasteiger partial charge on any atom is 0.270 e. The zero-order chi connectivity index (χ0) is 35.8. The number of hydrogen-bond acceptors (Lipinski definition) is 13. The average molecular weight is 811 g/mol. The number of methoxy groups -OCH3 is 1. The van der Waals surface area contributed by atoms with E-state index in [1.165, 1.54) is 0 Å². The molecule has 51 heavy (non-hydrogen) atoms. The molecule has 6 fully saturated rings. The predicted molar refractivity (Wildman–Crippen MR) is 185 cm³/mol. The summed E-state index contributed by atoms with van der Waals surface area (Å²) in [6.07, 6.45) is 8.71. The third-order valence-electron chi connectivity index (χ3n) is 13.2. The smallest absolute Gasteiger partial charge is 0.270 e. The molecule has 14 atom stereocenters. The summed E-state index contributed by atoms with van der Waals surface area (Å²) in [5.41, 5.74) is 6.07. The molecule has 0 aromatic heterocycles. The Labute approximate surface area is 313 Å². The van der Waals surface area contributed by atoms with Crippen molar-refractivity contribution in [2.45, 2.75) is 174 Å². The van der Waals surface area contributed by atoms with Crippen molar-refractivity contribution in [1.82, 2.24) is 5.32 Å². The number of hydrogen-bond donors (Lipinski definition) is 6. The molecule has 297 valence electrons. The second-order valence-electron chi connectivity index (χ2n) is 16.3. The van der Waals surface area contributed by atoms with Crippen molar-refractivity contribution in [2.75, 3.05) is 7.11 Å². The minimum Gasteiger partial charge on any atom is -0.391 e. The third kappa shape index (κ3) is 10.2. The maximum atomic E-state index is 12.6. The number of fused-ring (bicyclic) bond motifs is 2. The van der Waals surface area contributed by atoms with E-state index in [1.807, 2.05) is 0 Å². The van der Waals surface area contributed by atoms with E-state index in [1.54, 1.807) is 7.11 Å². The van der Waals surface area contributed by atoms with E-state index < -0.39 is 67.2 Å². The fourth-order valence-corrected chi connectivity index (χ4v) is 12.3. The second kappa shape index (κ2) is 17.4. The van der Waals surface area contributed by atoms with Crippen molar-refractivity contribution in [2.24, 2.45) is 49.9 Å². The van der Waals surface area contributed by atoms with Crippen LogP contribution in [-0.4, -0.2) is 114 Å². The largest absolute Gasteiger partial charge is 0.391 e. The van der Waals surface area contributed by atoms with Gasteiger partial charge < -0.3 is 26.0 Å². The van der Waals surface area contributed by atoms with E-state index in [2.05, 4.69) is 25.8 Å². The molecule has 0 aromatic carbocycles. The van der Waals surface area contributed by atoms with Crippen molar-refractivity contribution in [3.8, 4) is 0 Å². The molecule has 0 saturated heterocycles. The van der Waals surface area contributed by atoms with Crippen LogP contribution >= 0.6 is 0 Å². The minimum absolute atomic E-state index is 0. The van der Waals surface area contributed by atoms with Crippen molar-refractivity contribution in [1.29, 1.82) is 0 Å². The number of nitrogens with zero attached hydrogens (tertiary/aromatic N) is 4. The first-order valence-electron chi connectivity index (χ1n) is 18.8. The molecule has 14 unspecified atom stereocenters. The van der Waals surface area contributed by atoms with Gasteiger partial charge in [0.25, 0.3) is 20.2 Å². The Kier molecular flexibility index (Phi) is 14.2. The van der Waals surface area contributed by atoms with Gasteiger partial charge in [-0.25, -0.2) is 0 Å². The molecule has 6 aliphatic rings. The third-order valence-corrected chi connectivity index (χ3v) is 15.7. The molecule has 18 heteroatoms. The van der Waals surface area contributed by atoms with Gasteiger partial charge >= 0.3 is 0 Å². The van der Waals surface area contributed by atoms with Crippen LogP contribution in [-0.2, 0) is 42.0 Å². The second-order valence-corrected chi connectivity index (χ2v) is 19.7. The number of azo groups is 2. The first kappa shape index (κ1) is 41.5. The topological polar surface area (TPSA) is 246 Å². The molecule has 0 spiro atoms. The van der Waals surface area contributed by atoms with Crippen LogP contribution in [0.15, 0.2) is 20.5 Å². The van der Waals surface area contributed by atoms with E-state index in [-0.39, 0.29) is 72.2 Å². The monoisotopic (exact) mass is 809 g/mol. The number of rotatable bonds is 9. The van der Waals surface area contributed by atoms with Crippen LogP contribution in [0.2, 0.25) is 0 Å². The molecule has 0 heterocycles. The molecule has 0 amide bonds. The Hall–Kier alpha value is -0.661. The predicted octanol–water partition coefficient (Wildman–Crippen LogP) is 3.05. The van der Waals surface area contributed by atoms with E-state index in [0.29, 0.717) is 24.8 Å². The van der Waals surface area contributed by atoms with Gasteiger partial charge in [0.2, 0.25) is 0 Å². The molecule has 6 saturated carbocycles. The molecule has 0 aromatic rings. The summed E-state index contributed by atoms with van der Waals surface area (Å²) >= 11 is 0. The fourth-order valence-electron chi connectivity index (χ4n) is 10.3. The first-order valence-corrected chi connectivity index (χ1v) is 21.8. The summed E-state index contributed by atoms with van der Waals surface area (Å²) in [6.45, 7) is 0. The summed E-state index contributed by atoms with van der Waals surface area (Å²) < 4.78 is 74.0. The molecule has 6 aliphatic carbocycles. The van der Waals surface area contributed by atoms with Crippen LogP contribution in [0.25, 0.3) is 0 Å². The number of aliphatic hydroxyl groups excluding tert-OH is 2. The molecule has 15 nitrogen and oxygen atoms in total. The standard InChI is InChI=1S/C33H58N6O9S2.Cu/c1-48-30-17-27(29(40)16-28(30)38-36-24-6-2-19-14-25(49(42,43)44)10-3-18(19)12-24)37-39-32-31(50(45,46)47)15-20-13-23(9-11-26(20)33(32)41)35-22-7-4-21(34)5-8-22;/h18-33,35,40-41H,2-17,34H2,1H3,(H,42,43,44)(H,45,46,47);. The molecule has 0 aliphatic heterocycles. The van der Waals surface area contributed by atoms with Crippen LogP contribution in [0.4, 0.5) is 0 Å². The Bertz CT molecular complexity index is 1440. The summed E-state index contributed by atoms with van der Waals surface area (Å²) in [5, 5.41) is 42.3. The number of nitrogens with two attached hydrogens (primary N) is 1. The first-order chi connectivity index (χ1) is 23.7. The summed E-state index contributed by atoms with van der Waals surface area (Å²) in [5.74, 6) is 0.363. The minimum atomic E-state index is -4.54. The van der Waals surface area contributed by atoms with E-state index >= 15 is 0 Å². The van der Waals surface area contributed by atoms with Gasteiger partial charge in [-0.3, -0.25) is 9.11 Å². The maximum absolute atomic E-state index is 12.6. The van der Waals surface area contributed by atoms with Crippen molar-refractivity contribution in [3.63, 3.8) is 0 Å². The van der Waals surface area contributed by atoms with Crippen LogP contribution in [0.3, 0.4) is 0 Å². The van der Waals surface area contributed by atoms with Gasteiger partial charge in [0, 0.05) is 55.1 Å². The zero-order valence-corrected chi connectivity index (χ0v) is 31.9. The van der Waals surface area contributed by atoms with Crippen LogP contribution < -0.4 is 11.1 Å². The van der Waals surface area contributed by atoms with Crippen LogP contribution in [0.5, 0.6) is 0 Å². The van der Waals surface area contributed by atoms with Crippen LogP contribution in [0, 0.1) is 23.7 Å². The van der Waals surface area contributed by atoms with Gasteiger partial charge in [-0.05, 0) is 114 Å². The van der Waals surface area contributed by atoms with E-state index in [0.717, 1.165) is 70.6 Å². The summed E-state index contributed by atoms with van der Waals surface area (Å²) in [6, 6.07) is -1.37. The van der Waals surface area contributed by atoms with Gasteiger partial charge in [-0.2, -0.15) is 37.3 Å². The summed E-state index contributed by atoms with van der Waals surface area (Å²) in [7, 11) is -6.99. The molecule has 7 N–H and O–H groups in total. The Morgan fingerprint density at radius 2 is 1.33 bits per heavy atom. The Balaban J connectivity index is 0.00000504. The van der Waals surface area contributed by atoms with Gasteiger partial charge in [-0.15, -0.1) is 0 Å². The quantitative estimate of drug-likeness (QED) is 0.112. The van der Waals surface area contributed by atoms with Crippen molar-refractivity contribution in [3.05, 3.63) is 0 Å². The Morgan fingerprint density at radius 3 is 2.02 bits per heavy atom. The molecule has 1 radical (unpaired) electrons. The normalized spacial score (nSPS) is 45.5. The molecule has 6 rings (SSSR count). The zero-order valence-electron chi connectivity index (χ0n) is 29.4. The molecular formula is C33H58CuN6O9S2. The number of nitrogens with one attached hydrogen (secondary N) is 1. The molecule has 0 bridgehead atoms.